The molecule has 2 aliphatic heterocycles. The molecule has 4 rings (SSSR count). The van der Waals surface area contributed by atoms with Crippen molar-refractivity contribution in [1.82, 2.24) is 9.62 Å². The Kier molecular flexibility index (Phi) is 6.68. The minimum absolute atomic E-state index is 0.0481. The quantitative estimate of drug-likeness (QED) is 0.734. The minimum Gasteiger partial charge on any atom is -0.370 e. The molecule has 6 heteroatoms. The summed E-state index contributed by atoms with van der Waals surface area (Å²) in [5.41, 5.74) is 1.15. The molecular weight excluding hydrogens is 396 g/mol. The lowest BCUT2D eigenvalue weighted by Gasteiger charge is -2.38. The molecular formula is C24H30N2O3S. The standard InChI is InChI=1S/C24H30N2O3S/c27-30(28,23-11-5-2-6-12-23)25-20-22-13-14-24(29-22)15-18-26(19-16-24)17-7-10-21-8-3-1-4-9-21/h1-12,22,25H,13-20H2/b10-7+/t22-/m0/s1. The fraction of sp³-hybridized carbons (Fsp3) is 0.417. The van der Waals surface area contributed by atoms with E-state index in [-0.39, 0.29) is 11.7 Å². The van der Waals surface area contributed by atoms with Crippen molar-refractivity contribution in [2.45, 2.75) is 42.3 Å². The summed E-state index contributed by atoms with van der Waals surface area (Å²) in [4.78, 5) is 2.76. The van der Waals surface area contributed by atoms with Gasteiger partial charge in [0.25, 0.3) is 0 Å². The van der Waals surface area contributed by atoms with Crippen molar-refractivity contribution in [2.24, 2.45) is 0 Å². The van der Waals surface area contributed by atoms with Crippen LogP contribution in [0.5, 0.6) is 0 Å². The van der Waals surface area contributed by atoms with Crippen LogP contribution in [0.4, 0.5) is 0 Å². The molecule has 0 bridgehead atoms. The van der Waals surface area contributed by atoms with Crippen molar-refractivity contribution >= 4 is 16.1 Å². The number of piperidine rings is 1. The second-order valence-corrected chi connectivity index (χ2v) is 10.0. The van der Waals surface area contributed by atoms with Crippen LogP contribution < -0.4 is 4.72 Å². The van der Waals surface area contributed by atoms with Gasteiger partial charge in [-0.2, -0.15) is 0 Å². The van der Waals surface area contributed by atoms with E-state index < -0.39 is 10.0 Å². The van der Waals surface area contributed by atoms with Gasteiger partial charge in [0.15, 0.2) is 0 Å². The van der Waals surface area contributed by atoms with Crippen LogP contribution in [-0.2, 0) is 14.8 Å². The molecule has 2 aliphatic rings. The number of rotatable bonds is 7. The molecule has 0 aromatic heterocycles. The van der Waals surface area contributed by atoms with Gasteiger partial charge in [0.1, 0.15) is 0 Å². The van der Waals surface area contributed by atoms with E-state index in [4.69, 9.17) is 4.74 Å². The third-order valence-electron chi connectivity index (χ3n) is 6.13. The fourth-order valence-electron chi connectivity index (χ4n) is 4.34. The molecule has 2 heterocycles. The summed E-state index contributed by atoms with van der Waals surface area (Å²) in [5, 5.41) is 0. The van der Waals surface area contributed by atoms with Gasteiger partial charge in [-0.25, -0.2) is 13.1 Å². The second kappa shape index (κ2) is 9.43. The summed E-state index contributed by atoms with van der Waals surface area (Å²) in [6.45, 7) is 3.32. The molecule has 30 heavy (non-hydrogen) atoms. The van der Waals surface area contributed by atoms with Gasteiger partial charge >= 0.3 is 0 Å². The second-order valence-electron chi connectivity index (χ2n) is 8.24. The molecule has 1 N–H and O–H groups in total. The lowest BCUT2D eigenvalue weighted by atomic mass is 9.88. The Labute approximate surface area is 179 Å². The highest BCUT2D eigenvalue weighted by Gasteiger charge is 2.42. The summed E-state index contributed by atoms with van der Waals surface area (Å²) in [5.74, 6) is 0. The molecule has 160 valence electrons. The first-order valence-electron chi connectivity index (χ1n) is 10.7. The summed E-state index contributed by atoms with van der Waals surface area (Å²) in [7, 11) is -3.48. The number of nitrogens with zero attached hydrogens (tertiary/aromatic N) is 1. The molecule has 5 nitrogen and oxygen atoms in total. The van der Waals surface area contributed by atoms with Gasteiger partial charge in [-0.05, 0) is 43.4 Å². The van der Waals surface area contributed by atoms with Crippen molar-refractivity contribution in [2.75, 3.05) is 26.2 Å². The van der Waals surface area contributed by atoms with Crippen LogP contribution in [0.15, 0.2) is 71.6 Å². The maximum absolute atomic E-state index is 12.4. The number of likely N-dealkylation sites (tertiary alicyclic amines) is 1. The SMILES string of the molecule is O=S(=O)(NC[C@@H]1CCC2(CCN(C/C=C/c3ccccc3)CC2)O1)c1ccccc1. The van der Waals surface area contributed by atoms with Crippen LogP contribution >= 0.6 is 0 Å². The van der Waals surface area contributed by atoms with Gasteiger partial charge < -0.3 is 4.74 Å². The molecule has 0 unspecified atom stereocenters. The Morgan fingerprint density at radius 1 is 1.00 bits per heavy atom. The van der Waals surface area contributed by atoms with E-state index in [1.54, 1.807) is 24.3 Å². The lowest BCUT2D eigenvalue weighted by Crippen LogP contribution is -2.45. The van der Waals surface area contributed by atoms with Crippen molar-refractivity contribution in [3.8, 4) is 0 Å². The number of benzene rings is 2. The predicted octanol–water partition coefficient (Wildman–Crippen LogP) is 3.69. The molecule has 0 aliphatic carbocycles. The third-order valence-corrected chi connectivity index (χ3v) is 7.57. The first-order valence-corrected chi connectivity index (χ1v) is 12.2. The number of sulfonamides is 1. The number of hydrogen-bond donors (Lipinski definition) is 1. The van der Waals surface area contributed by atoms with Crippen molar-refractivity contribution in [3.63, 3.8) is 0 Å². The van der Waals surface area contributed by atoms with E-state index in [9.17, 15) is 8.42 Å². The van der Waals surface area contributed by atoms with Gasteiger partial charge in [0.2, 0.25) is 10.0 Å². The van der Waals surface area contributed by atoms with E-state index in [0.29, 0.717) is 11.4 Å². The van der Waals surface area contributed by atoms with Gasteiger partial charge in [0.05, 0.1) is 16.6 Å². The Morgan fingerprint density at radius 3 is 2.37 bits per heavy atom. The van der Waals surface area contributed by atoms with Crippen LogP contribution in [0.3, 0.4) is 0 Å². The minimum atomic E-state index is -3.48. The first kappa shape index (κ1) is 21.2. The highest BCUT2D eigenvalue weighted by molar-refractivity contribution is 7.89. The zero-order chi connectivity index (χ0) is 20.9. The van der Waals surface area contributed by atoms with Gasteiger partial charge in [0, 0.05) is 26.2 Å². The molecule has 2 fully saturated rings. The molecule has 0 radical (unpaired) electrons. The molecule has 1 spiro atoms. The summed E-state index contributed by atoms with van der Waals surface area (Å²) >= 11 is 0. The predicted molar refractivity (Wildman–Crippen MR) is 120 cm³/mol. The largest absolute Gasteiger partial charge is 0.370 e. The van der Waals surface area contributed by atoms with E-state index in [0.717, 1.165) is 45.3 Å². The zero-order valence-corrected chi connectivity index (χ0v) is 18.1. The Hall–Kier alpha value is -1.99. The lowest BCUT2D eigenvalue weighted by molar-refractivity contribution is -0.0734. The normalized spacial score (nSPS) is 22.1. The molecule has 0 saturated carbocycles. The van der Waals surface area contributed by atoms with E-state index in [2.05, 4.69) is 46.0 Å². The van der Waals surface area contributed by atoms with Crippen LogP contribution in [0.1, 0.15) is 31.2 Å². The van der Waals surface area contributed by atoms with Crippen molar-refractivity contribution in [3.05, 3.63) is 72.3 Å². The molecule has 0 amide bonds. The first-order chi connectivity index (χ1) is 14.5. The summed E-state index contributed by atoms with van der Waals surface area (Å²) in [6, 6.07) is 18.9. The van der Waals surface area contributed by atoms with E-state index >= 15 is 0 Å². The Balaban J connectivity index is 1.22. The highest BCUT2D eigenvalue weighted by atomic mass is 32.2. The van der Waals surface area contributed by atoms with Crippen molar-refractivity contribution < 1.29 is 13.2 Å². The molecule has 2 saturated heterocycles. The topological polar surface area (TPSA) is 58.6 Å². The smallest absolute Gasteiger partial charge is 0.240 e. The molecule has 1 atom stereocenters. The number of ether oxygens (including phenoxy) is 1. The maximum Gasteiger partial charge on any atom is 0.240 e. The van der Waals surface area contributed by atoms with Crippen molar-refractivity contribution in [1.29, 1.82) is 0 Å². The summed E-state index contributed by atoms with van der Waals surface area (Å²) < 4.78 is 33.9. The van der Waals surface area contributed by atoms with Gasteiger partial charge in [-0.1, -0.05) is 60.7 Å². The van der Waals surface area contributed by atoms with Crippen LogP contribution in [0.25, 0.3) is 6.08 Å². The van der Waals surface area contributed by atoms with Crippen LogP contribution in [-0.4, -0.2) is 51.2 Å². The monoisotopic (exact) mass is 426 g/mol. The summed E-state index contributed by atoms with van der Waals surface area (Å²) in [6.07, 6.45) is 8.29. The maximum atomic E-state index is 12.4. The van der Waals surface area contributed by atoms with Gasteiger partial charge in [-0.15, -0.1) is 0 Å². The van der Waals surface area contributed by atoms with Crippen LogP contribution in [0.2, 0.25) is 0 Å². The fourth-order valence-corrected chi connectivity index (χ4v) is 5.43. The number of nitrogens with one attached hydrogen (secondary N) is 1. The van der Waals surface area contributed by atoms with E-state index in [1.165, 1.54) is 5.56 Å². The molecule has 2 aromatic carbocycles. The van der Waals surface area contributed by atoms with E-state index in [1.807, 2.05) is 12.1 Å². The Morgan fingerprint density at radius 2 is 1.67 bits per heavy atom. The average Bonchev–Trinajstić information content (AvgIpc) is 3.18. The third kappa shape index (κ3) is 5.38. The highest BCUT2D eigenvalue weighted by Crippen LogP contribution is 2.38. The van der Waals surface area contributed by atoms with Gasteiger partial charge in [-0.3, -0.25) is 4.90 Å². The molecule has 2 aromatic rings. The number of hydrogen-bond acceptors (Lipinski definition) is 4. The van der Waals surface area contributed by atoms with Crippen LogP contribution in [0, 0.1) is 0 Å². The zero-order valence-electron chi connectivity index (χ0n) is 17.2. The average molecular weight is 427 g/mol. The Bertz CT molecular complexity index is 937.